The predicted molar refractivity (Wildman–Crippen MR) is 97.9 cm³/mol. The highest BCUT2D eigenvalue weighted by atomic mass is 16.5. The van der Waals surface area contributed by atoms with Crippen LogP contribution in [-0.4, -0.2) is 59.4 Å². The molecule has 1 amide bonds. The summed E-state index contributed by atoms with van der Waals surface area (Å²) in [6, 6.07) is 8.04. The van der Waals surface area contributed by atoms with Crippen LogP contribution in [0.3, 0.4) is 0 Å². The van der Waals surface area contributed by atoms with Crippen molar-refractivity contribution in [2.45, 2.75) is 38.0 Å². The molecule has 0 spiro atoms. The van der Waals surface area contributed by atoms with Crippen LogP contribution in [0.5, 0.6) is 0 Å². The lowest BCUT2D eigenvalue weighted by atomic mass is 9.91. The zero-order valence-electron chi connectivity index (χ0n) is 15.0. The average molecular weight is 355 g/mol. The molecule has 0 N–H and O–H groups in total. The molecule has 2 aliphatic heterocycles. The fourth-order valence-electron chi connectivity index (χ4n) is 4.09. The zero-order valence-corrected chi connectivity index (χ0v) is 15.0. The number of carbonyl (C=O) groups excluding carboxylic acids is 2. The maximum Gasteiger partial charge on any atom is 0.230 e. The fraction of sp³-hybridized carbons (Fsp3) is 0.550. The quantitative estimate of drug-likeness (QED) is 0.789. The molecule has 138 valence electrons. The van der Waals surface area contributed by atoms with E-state index < -0.39 is 0 Å². The van der Waals surface area contributed by atoms with E-state index in [1.165, 1.54) is 0 Å². The van der Waals surface area contributed by atoms with Crippen molar-refractivity contribution in [3.05, 3.63) is 30.0 Å². The summed E-state index contributed by atoms with van der Waals surface area (Å²) in [6.07, 6.45) is 3.54. The van der Waals surface area contributed by atoms with E-state index >= 15 is 0 Å². The van der Waals surface area contributed by atoms with Gasteiger partial charge in [-0.3, -0.25) is 9.59 Å². The third-order valence-corrected chi connectivity index (χ3v) is 5.65. The van der Waals surface area contributed by atoms with Gasteiger partial charge >= 0.3 is 0 Å². The van der Waals surface area contributed by atoms with Gasteiger partial charge in [-0.05, 0) is 44.5 Å². The number of carbonyl (C=O) groups is 2. The second-order valence-electron chi connectivity index (χ2n) is 7.38. The van der Waals surface area contributed by atoms with E-state index in [9.17, 15) is 9.59 Å². The van der Waals surface area contributed by atoms with E-state index in [2.05, 4.69) is 16.1 Å². The van der Waals surface area contributed by atoms with Crippen LogP contribution in [0.4, 0.5) is 0 Å². The minimum atomic E-state index is -0.00328. The SMILES string of the molecule is O=C1CCCN(CCN2CCC(c3noc4ccccc34)CC2)C(=O)C1. The Morgan fingerprint density at radius 3 is 2.73 bits per heavy atom. The highest BCUT2D eigenvalue weighted by Crippen LogP contribution is 2.32. The lowest BCUT2D eigenvalue weighted by molar-refractivity contribution is -0.134. The molecule has 0 aliphatic carbocycles. The predicted octanol–water partition coefficient (Wildman–Crippen LogP) is 2.59. The minimum absolute atomic E-state index is 0.00328. The van der Waals surface area contributed by atoms with E-state index in [1.54, 1.807) is 0 Å². The van der Waals surface area contributed by atoms with Crippen LogP contribution in [0.1, 0.15) is 43.7 Å². The van der Waals surface area contributed by atoms with Crippen LogP contribution in [-0.2, 0) is 9.59 Å². The number of ketones is 1. The van der Waals surface area contributed by atoms with Crippen molar-refractivity contribution >= 4 is 22.7 Å². The summed E-state index contributed by atoms with van der Waals surface area (Å²) >= 11 is 0. The molecule has 0 unspecified atom stereocenters. The Kier molecular flexibility index (Phi) is 5.02. The second kappa shape index (κ2) is 7.58. The molecule has 2 aliphatic rings. The molecule has 6 heteroatoms. The first-order chi connectivity index (χ1) is 12.7. The van der Waals surface area contributed by atoms with Crippen LogP contribution >= 0.6 is 0 Å². The maximum absolute atomic E-state index is 12.1. The van der Waals surface area contributed by atoms with Gasteiger partial charge in [0.1, 0.15) is 5.78 Å². The number of piperidine rings is 1. The topological polar surface area (TPSA) is 66.7 Å². The number of likely N-dealkylation sites (tertiary alicyclic amines) is 2. The Labute approximate surface area is 153 Å². The summed E-state index contributed by atoms with van der Waals surface area (Å²) in [5.74, 6) is 0.516. The Hall–Kier alpha value is -2.21. The van der Waals surface area contributed by atoms with Crippen molar-refractivity contribution in [3.8, 4) is 0 Å². The normalized spacial score (nSPS) is 20.7. The maximum atomic E-state index is 12.1. The molecular formula is C20H25N3O3. The van der Waals surface area contributed by atoms with Gasteiger partial charge in [-0.2, -0.15) is 0 Å². The van der Waals surface area contributed by atoms with Gasteiger partial charge in [0, 0.05) is 37.4 Å². The van der Waals surface area contributed by atoms with Crippen molar-refractivity contribution < 1.29 is 14.1 Å². The molecule has 6 nitrogen and oxygen atoms in total. The van der Waals surface area contributed by atoms with Crippen LogP contribution in [0.25, 0.3) is 11.0 Å². The molecule has 26 heavy (non-hydrogen) atoms. The average Bonchev–Trinajstić information content (AvgIpc) is 3.01. The first-order valence-corrected chi connectivity index (χ1v) is 9.57. The van der Waals surface area contributed by atoms with Gasteiger partial charge in [0.05, 0.1) is 12.1 Å². The van der Waals surface area contributed by atoms with Crippen molar-refractivity contribution in [1.82, 2.24) is 15.0 Å². The lowest BCUT2D eigenvalue weighted by Gasteiger charge is -2.32. The third kappa shape index (κ3) is 3.65. The smallest absolute Gasteiger partial charge is 0.230 e. The van der Waals surface area contributed by atoms with E-state index in [0.29, 0.717) is 18.9 Å². The molecule has 1 aromatic carbocycles. The Balaban J connectivity index is 1.30. The summed E-state index contributed by atoms with van der Waals surface area (Å²) in [6.45, 7) is 4.33. The molecule has 2 saturated heterocycles. The van der Waals surface area contributed by atoms with Crippen molar-refractivity contribution in [2.75, 3.05) is 32.7 Å². The third-order valence-electron chi connectivity index (χ3n) is 5.65. The van der Waals surface area contributed by atoms with Crippen molar-refractivity contribution in [3.63, 3.8) is 0 Å². The number of amides is 1. The van der Waals surface area contributed by atoms with Gasteiger partial charge in [0.2, 0.25) is 5.91 Å². The summed E-state index contributed by atoms with van der Waals surface area (Å²) in [5, 5.41) is 5.44. The number of hydrogen-bond donors (Lipinski definition) is 0. The molecule has 1 aromatic heterocycles. The summed E-state index contributed by atoms with van der Waals surface area (Å²) in [5.41, 5.74) is 1.95. The van der Waals surface area contributed by atoms with E-state index in [-0.39, 0.29) is 18.1 Å². The summed E-state index contributed by atoms with van der Waals surface area (Å²) in [4.78, 5) is 27.9. The van der Waals surface area contributed by atoms with Crippen molar-refractivity contribution in [1.29, 1.82) is 0 Å². The molecule has 3 heterocycles. The molecule has 0 radical (unpaired) electrons. The zero-order chi connectivity index (χ0) is 17.9. The van der Waals surface area contributed by atoms with Gasteiger partial charge in [-0.1, -0.05) is 17.3 Å². The molecule has 2 aromatic rings. The standard InChI is InChI=1S/C20H25N3O3/c24-16-4-3-9-23(19(25)14-16)13-12-22-10-7-15(8-11-22)20-17-5-1-2-6-18(17)26-21-20/h1-2,5-6,15H,3-4,7-14H2. The van der Waals surface area contributed by atoms with E-state index in [1.807, 2.05) is 23.1 Å². The van der Waals surface area contributed by atoms with E-state index in [4.69, 9.17) is 4.52 Å². The van der Waals surface area contributed by atoms with Gasteiger partial charge in [-0.15, -0.1) is 0 Å². The number of rotatable bonds is 4. The minimum Gasteiger partial charge on any atom is -0.356 e. The van der Waals surface area contributed by atoms with Crippen LogP contribution in [0, 0.1) is 0 Å². The van der Waals surface area contributed by atoms with Crippen LogP contribution < -0.4 is 0 Å². The molecule has 0 bridgehead atoms. The number of hydrogen-bond acceptors (Lipinski definition) is 5. The summed E-state index contributed by atoms with van der Waals surface area (Å²) < 4.78 is 5.45. The Morgan fingerprint density at radius 1 is 1.08 bits per heavy atom. The van der Waals surface area contributed by atoms with Gasteiger partial charge in [0.15, 0.2) is 5.58 Å². The Morgan fingerprint density at radius 2 is 1.88 bits per heavy atom. The number of fused-ring (bicyclic) bond motifs is 1. The van der Waals surface area contributed by atoms with Gasteiger partial charge < -0.3 is 14.3 Å². The molecule has 0 saturated carbocycles. The van der Waals surface area contributed by atoms with Gasteiger partial charge in [-0.25, -0.2) is 0 Å². The highest BCUT2D eigenvalue weighted by Gasteiger charge is 2.26. The molecule has 0 atom stereocenters. The first-order valence-electron chi connectivity index (χ1n) is 9.57. The van der Waals surface area contributed by atoms with Crippen LogP contribution in [0.2, 0.25) is 0 Å². The first kappa shape index (κ1) is 17.2. The highest BCUT2D eigenvalue weighted by molar-refractivity contribution is 5.98. The fourth-order valence-corrected chi connectivity index (χ4v) is 4.09. The number of benzene rings is 1. The Bertz CT molecular complexity index is 792. The number of para-hydroxylation sites is 1. The monoisotopic (exact) mass is 355 g/mol. The lowest BCUT2D eigenvalue weighted by Crippen LogP contribution is -2.41. The second-order valence-corrected chi connectivity index (χ2v) is 7.38. The largest absolute Gasteiger partial charge is 0.356 e. The number of aromatic nitrogens is 1. The molecule has 2 fully saturated rings. The van der Waals surface area contributed by atoms with Crippen molar-refractivity contribution in [2.24, 2.45) is 0 Å². The van der Waals surface area contributed by atoms with E-state index in [0.717, 1.165) is 62.1 Å². The molecular weight excluding hydrogens is 330 g/mol. The van der Waals surface area contributed by atoms with Gasteiger partial charge in [0.25, 0.3) is 0 Å². The number of Topliss-reactive ketones (excluding diaryl/α,β-unsaturated/α-hetero) is 1. The summed E-state index contributed by atoms with van der Waals surface area (Å²) in [7, 11) is 0. The van der Waals surface area contributed by atoms with Crippen LogP contribution in [0.15, 0.2) is 28.8 Å². The molecule has 4 rings (SSSR count). The number of nitrogens with zero attached hydrogens (tertiary/aromatic N) is 3.